The molecule has 2 aromatic rings. The topological polar surface area (TPSA) is 50.8 Å². The molecule has 126 valence electrons. The molecule has 4 atom stereocenters. The highest BCUT2D eigenvalue weighted by Crippen LogP contribution is 2.58. The summed E-state index contributed by atoms with van der Waals surface area (Å²) >= 11 is 0. The molecule has 25 heavy (non-hydrogen) atoms. The molecule has 5 nitrogen and oxygen atoms in total. The number of hydrogen-bond donors (Lipinski definition) is 1. The maximum atomic E-state index is 12.9. The summed E-state index contributed by atoms with van der Waals surface area (Å²) in [6.45, 7) is 0. The molecule has 5 heteroatoms. The van der Waals surface area contributed by atoms with Gasteiger partial charge in [-0.15, -0.1) is 0 Å². The largest absolute Gasteiger partial charge is 0.323 e. The normalized spacial score (nSPS) is 37.8. The van der Waals surface area contributed by atoms with E-state index in [1.807, 2.05) is 42.5 Å². The second-order valence-electron chi connectivity index (χ2n) is 7.28. The van der Waals surface area contributed by atoms with Crippen molar-refractivity contribution in [3.05, 3.63) is 71.3 Å². The van der Waals surface area contributed by atoms with Crippen molar-refractivity contribution in [1.29, 1.82) is 0 Å². The van der Waals surface area contributed by atoms with E-state index in [-0.39, 0.29) is 18.1 Å². The second-order valence-corrected chi connectivity index (χ2v) is 7.28. The zero-order valence-corrected chi connectivity index (χ0v) is 13.6. The zero-order chi connectivity index (χ0) is 16.6. The maximum absolute atomic E-state index is 12.9. The van der Waals surface area contributed by atoms with Gasteiger partial charge in [0.15, 0.2) is 0 Å². The van der Waals surface area contributed by atoms with Crippen molar-refractivity contribution in [2.24, 2.45) is 0 Å². The molecule has 4 bridgehead atoms. The molecule has 5 aliphatic rings. The quantitative estimate of drug-likeness (QED) is 0.871. The molecule has 0 aromatic heterocycles. The Balaban J connectivity index is 1.58. The molecule has 1 N–H and O–H groups in total. The number of rotatable bonds is 1. The number of carbonyl (C=O) groups excluding carboxylic acids is 1. The SMILES string of the molecule is O=C1c2ccccc2C23OC4CCCC(c5ccccc5)(O2)C4NN13. The minimum atomic E-state index is -1.16. The van der Waals surface area contributed by atoms with Crippen LogP contribution in [0.5, 0.6) is 0 Å². The molecule has 7 rings (SSSR count). The van der Waals surface area contributed by atoms with Crippen LogP contribution in [-0.2, 0) is 21.0 Å². The summed E-state index contributed by atoms with van der Waals surface area (Å²) in [5.74, 6) is -1.25. The van der Waals surface area contributed by atoms with E-state index in [9.17, 15) is 4.79 Å². The first-order chi connectivity index (χ1) is 12.2. The van der Waals surface area contributed by atoms with E-state index in [2.05, 4.69) is 17.6 Å². The van der Waals surface area contributed by atoms with Crippen LogP contribution in [0.3, 0.4) is 0 Å². The Morgan fingerprint density at radius 1 is 1.08 bits per heavy atom. The zero-order valence-electron chi connectivity index (χ0n) is 13.6. The van der Waals surface area contributed by atoms with Gasteiger partial charge in [0.25, 0.3) is 11.8 Å². The lowest BCUT2D eigenvalue weighted by molar-refractivity contribution is -0.470. The van der Waals surface area contributed by atoms with Crippen LogP contribution in [0, 0.1) is 0 Å². The van der Waals surface area contributed by atoms with Gasteiger partial charge >= 0.3 is 0 Å². The number of benzene rings is 2. The maximum Gasteiger partial charge on any atom is 0.298 e. The van der Waals surface area contributed by atoms with Gasteiger partial charge in [0.2, 0.25) is 0 Å². The summed E-state index contributed by atoms with van der Waals surface area (Å²) in [6, 6.07) is 17.9. The summed E-state index contributed by atoms with van der Waals surface area (Å²) in [7, 11) is 0. The van der Waals surface area contributed by atoms with Gasteiger partial charge in [-0.2, -0.15) is 0 Å². The Bertz CT molecular complexity index is 886. The van der Waals surface area contributed by atoms with Crippen molar-refractivity contribution < 1.29 is 14.3 Å². The molecule has 4 heterocycles. The Kier molecular flexibility index (Phi) is 2.52. The Morgan fingerprint density at radius 3 is 2.76 bits per heavy atom. The number of fused-ring (bicyclic) bond motifs is 1. The predicted octanol–water partition coefficient (Wildman–Crippen LogP) is 2.63. The van der Waals surface area contributed by atoms with Gasteiger partial charge in [0.05, 0.1) is 17.7 Å². The fourth-order valence-corrected chi connectivity index (χ4v) is 5.02. The molecule has 1 spiro atoms. The van der Waals surface area contributed by atoms with E-state index in [4.69, 9.17) is 9.47 Å². The lowest BCUT2D eigenvalue weighted by atomic mass is 9.72. The number of nitrogens with zero attached hydrogens (tertiary/aromatic N) is 1. The van der Waals surface area contributed by atoms with E-state index in [0.29, 0.717) is 5.56 Å². The molecule has 1 amide bonds. The molecule has 0 radical (unpaired) electrons. The van der Waals surface area contributed by atoms with E-state index < -0.39 is 11.5 Å². The van der Waals surface area contributed by atoms with Crippen LogP contribution >= 0.6 is 0 Å². The lowest BCUT2D eigenvalue weighted by Gasteiger charge is -2.64. The van der Waals surface area contributed by atoms with Gasteiger partial charge in [-0.3, -0.25) is 4.79 Å². The summed E-state index contributed by atoms with van der Waals surface area (Å²) in [5, 5.41) is 1.56. The molecular weight excluding hydrogens is 316 g/mol. The van der Waals surface area contributed by atoms with Gasteiger partial charge in [-0.05, 0) is 30.9 Å². The lowest BCUT2D eigenvalue weighted by Crippen LogP contribution is -2.79. The van der Waals surface area contributed by atoms with Crippen LogP contribution in [0.25, 0.3) is 0 Å². The molecule has 4 fully saturated rings. The van der Waals surface area contributed by atoms with E-state index >= 15 is 0 Å². The molecule has 2 aromatic carbocycles. The van der Waals surface area contributed by atoms with Gasteiger partial charge in [-0.1, -0.05) is 48.5 Å². The van der Waals surface area contributed by atoms with Gasteiger partial charge in [-0.25, -0.2) is 10.4 Å². The minimum absolute atomic E-state index is 0.0258. The molecule has 1 saturated carbocycles. The third kappa shape index (κ3) is 1.53. The molecule has 1 aliphatic carbocycles. The molecular formula is C20H18N2O3. The summed E-state index contributed by atoms with van der Waals surface area (Å²) in [4.78, 5) is 12.9. The van der Waals surface area contributed by atoms with Crippen LogP contribution in [0.15, 0.2) is 54.6 Å². The standard InChI is InChI=1S/C20H18N2O3/c23-18-14-9-4-5-10-15(14)20-22(18)21-17-16(24-20)11-6-12-19(17,25-20)13-7-2-1-3-8-13/h1-5,7-10,16-17,21H,6,11-12H2. The number of nitrogens with one attached hydrogen (secondary N) is 1. The third-order valence-corrected chi connectivity index (χ3v) is 6.07. The number of hydrazine groups is 1. The average Bonchev–Trinajstić information content (AvgIpc) is 2.91. The third-order valence-electron chi connectivity index (χ3n) is 6.07. The number of carbonyl (C=O) groups is 1. The van der Waals surface area contributed by atoms with Gasteiger partial charge in [0, 0.05) is 5.56 Å². The van der Waals surface area contributed by atoms with E-state index in [0.717, 1.165) is 30.4 Å². The first-order valence-electron chi connectivity index (χ1n) is 8.88. The number of hydrogen-bond acceptors (Lipinski definition) is 4. The van der Waals surface area contributed by atoms with Crippen LogP contribution in [0.2, 0.25) is 0 Å². The highest BCUT2D eigenvalue weighted by Gasteiger charge is 2.70. The highest BCUT2D eigenvalue weighted by atomic mass is 16.8. The fourth-order valence-electron chi connectivity index (χ4n) is 5.02. The average molecular weight is 334 g/mol. The van der Waals surface area contributed by atoms with Crippen LogP contribution in [-0.4, -0.2) is 23.1 Å². The minimum Gasteiger partial charge on any atom is -0.323 e. The second kappa shape index (κ2) is 4.49. The molecule has 4 aliphatic heterocycles. The van der Waals surface area contributed by atoms with Crippen molar-refractivity contribution in [3.8, 4) is 0 Å². The van der Waals surface area contributed by atoms with Crippen molar-refractivity contribution in [3.63, 3.8) is 0 Å². The summed E-state index contributed by atoms with van der Waals surface area (Å²) in [5.41, 5.74) is 5.61. The van der Waals surface area contributed by atoms with Crippen LogP contribution < -0.4 is 5.43 Å². The van der Waals surface area contributed by atoms with Crippen LogP contribution in [0.1, 0.15) is 40.7 Å². The van der Waals surface area contributed by atoms with Crippen molar-refractivity contribution in [2.75, 3.05) is 0 Å². The Hall–Kier alpha value is -2.21. The van der Waals surface area contributed by atoms with Gasteiger partial charge < -0.3 is 9.47 Å². The summed E-state index contributed by atoms with van der Waals surface area (Å²) in [6.07, 6.45) is 2.96. The highest BCUT2D eigenvalue weighted by molar-refractivity contribution is 5.99. The Morgan fingerprint density at radius 2 is 1.88 bits per heavy atom. The fraction of sp³-hybridized carbons (Fsp3) is 0.350. The smallest absolute Gasteiger partial charge is 0.298 e. The van der Waals surface area contributed by atoms with Crippen molar-refractivity contribution in [1.82, 2.24) is 10.4 Å². The van der Waals surface area contributed by atoms with Crippen molar-refractivity contribution in [2.45, 2.75) is 42.9 Å². The summed E-state index contributed by atoms with van der Waals surface area (Å²) < 4.78 is 13.2. The first kappa shape index (κ1) is 14.0. The number of ether oxygens (including phenoxy) is 2. The molecule has 4 unspecified atom stereocenters. The van der Waals surface area contributed by atoms with Gasteiger partial charge in [0.1, 0.15) is 5.60 Å². The first-order valence-corrected chi connectivity index (χ1v) is 8.88. The predicted molar refractivity (Wildman–Crippen MR) is 89.1 cm³/mol. The van der Waals surface area contributed by atoms with Crippen LogP contribution in [0.4, 0.5) is 0 Å². The van der Waals surface area contributed by atoms with E-state index in [1.165, 1.54) is 0 Å². The van der Waals surface area contributed by atoms with E-state index in [1.54, 1.807) is 5.01 Å². The number of amides is 1. The Labute approximate surface area is 145 Å². The van der Waals surface area contributed by atoms with Crippen molar-refractivity contribution >= 4 is 5.91 Å². The monoisotopic (exact) mass is 334 g/mol. The molecule has 3 saturated heterocycles.